The Morgan fingerprint density at radius 1 is 1.31 bits per heavy atom. The van der Waals surface area contributed by atoms with E-state index in [0.717, 1.165) is 12.8 Å². The van der Waals surface area contributed by atoms with Crippen molar-refractivity contribution in [1.29, 1.82) is 0 Å². The third-order valence-electron chi connectivity index (χ3n) is 4.46. The number of aromatic nitrogens is 1. The van der Waals surface area contributed by atoms with Crippen LogP contribution in [-0.4, -0.2) is 22.0 Å². The number of anilines is 1. The first kappa shape index (κ1) is 18.9. The van der Waals surface area contributed by atoms with Crippen molar-refractivity contribution >= 4 is 34.0 Å². The Bertz CT molecular complexity index is 756. The van der Waals surface area contributed by atoms with Crippen molar-refractivity contribution in [3.63, 3.8) is 0 Å². The highest BCUT2D eigenvalue weighted by molar-refractivity contribution is 7.15. The second-order valence-corrected chi connectivity index (χ2v) is 7.87. The molecule has 140 valence electrons. The SMILES string of the molecule is O=C(NCc1sc(NC2CCCCCC2)nc1O)c1c(F)cccc1Cl. The van der Waals surface area contributed by atoms with Crippen molar-refractivity contribution in [3.8, 4) is 5.88 Å². The van der Waals surface area contributed by atoms with E-state index in [9.17, 15) is 14.3 Å². The lowest BCUT2D eigenvalue weighted by Gasteiger charge is -2.14. The number of nitrogens with one attached hydrogen (secondary N) is 2. The molecule has 3 N–H and O–H groups in total. The number of carbonyl (C=O) groups is 1. The number of amides is 1. The van der Waals surface area contributed by atoms with Crippen LogP contribution in [0.15, 0.2) is 18.2 Å². The van der Waals surface area contributed by atoms with E-state index in [4.69, 9.17) is 11.6 Å². The molecule has 0 radical (unpaired) electrons. The van der Waals surface area contributed by atoms with Crippen LogP contribution in [0.5, 0.6) is 5.88 Å². The third kappa shape index (κ3) is 4.65. The fraction of sp³-hybridized carbons (Fsp3) is 0.444. The second kappa shape index (κ2) is 8.68. The van der Waals surface area contributed by atoms with E-state index in [0.29, 0.717) is 16.1 Å². The number of nitrogens with zero attached hydrogens (tertiary/aromatic N) is 1. The zero-order chi connectivity index (χ0) is 18.5. The summed E-state index contributed by atoms with van der Waals surface area (Å²) in [5.41, 5.74) is -0.199. The predicted octanol–water partition coefficient (Wildman–Crippen LogP) is 4.71. The largest absolute Gasteiger partial charge is 0.492 e. The first-order chi connectivity index (χ1) is 12.5. The van der Waals surface area contributed by atoms with E-state index in [2.05, 4.69) is 15.6 Å². The van der Waals surface area contributed by atoms with E-state index in [1.807, 2.05) is 0 Å². The molecule has 1 fully saturated rings. The van der Waals surface area contributed by atoms with Gasteiger partial charge in [0.25, 0.3) is 5.91 Å². The van der Waals surface area contributed by atoms with Gasteiger partial charge in [0.2, 0.25) is 5.88 Å². The number of carbonyl (C=O) groups excluding carboxylic acids is 1. The molecule has 1 aromatic heterocycles. The summed E-state index contributed by atoms with van der Waals surface area (Å²) in [5.74, 6) is -1.43. The Morgan fingerprint density at radius 3 is 2.73 bits per heavy atom. The normalized spacial score (nSPS) is 15.5. The summed E-state index contributed by atoms with van der Waals surface area (Å²) in [6.45, 7) is 0.0549. The molecule has 5 nitrogen and oxygen atoms in total. The van der Waals surface area contributed by atoms with E-state index in [1.165, 1.54) is 55.2 Å². The molecule has 1 heterocycles. The van der Waals surface area contributed by atoms with E-state index >= 15 is 0 Å². The van der Waals surface area contributed by atoms with Gasteiger partial charge in [-0.15, -0.1) is 0 Å². The molecule has 0 spiro atoms. The topological polar surface area (TPSA) is 74.2 Å². The summed E-state index contributed by atoms with van der Waals surface area (Å²) >= 11 is 7.19. The maximum Gasteiger partial charge on any atom is 0.256 e. The molecular formula is C18H21ClFN3O2S. The van der Waals surface area contributed by atoms with Crippen LogP contribution in [0.3, 0.4) is 0 Å². The average Bonchev–Trinajstić information content (AvgIpc) is 2.79. The first-order valence-electron chi connectivity index (χ1n) is 8.72. The molecule has 3 rings (SSSR count). The summed E-state index contributed by atoms with van der Waals surface area (Å²) in [7, 11) is 0. The number of hydrogen-bond donors (Lipinski definition) is 3. The van der Waals surface area contributed by atoms with Gasteiger partial charge >= 0.3 is 0 Å². The quantitative estimate of drug-likeness (QED) is 0.639. The molecule has 26 heavy (non-hydrogen) atoms. The molecule has 1 amide bonds. The summed E-state index contributed by atoms with van der Waals surface area (Å²) in [6, 6.07) is 4.44. The van der Waals surface area contributed by atoms with Crippen molar-refractivity contribution in [3.05, 3.63) is 39.5 Å². The molecule has 1 aliphatic carbocycles. The smallest absolute Gasteiger partial charge is 0.256 e. The lowest BCUT2D eigenvalue weighted by atomic mass is 10.1. The summed E-state index contributed by atoms with van der Waals surface area (Å²) < 4.78 is 13.8. The van der Waals surface area contributed by atoms with Crippen LogP contribution in [0.4, 0.5) is 9.52 Å². The second-order valence-electron chi connectivity index (χ2n) is 6.38. The number of hydrogen-bond acceptors (Lipinski definition) is 5. The molecule has 1 aromatic carbocycles. The Morgan fingerprint density at radius 2 is 2.04 bits per heavy atom. The number of rotatable bonds is 5. The highest BCUT2D eigenvalue weighted by Crippen LogP contribution is 2.30. The predicted molar refractivity (Wildman–Crippen MR) is 101 cm³/mol. The number of benzene rings is 1. The van der Waals surface area contributed by atoms with E-state index in [-0.39, 0.29) is 23.0 Å². The van der Waals surface area contributed by atoms with Crippen LogP contribution in [0.25, 0.3) is 0 Å². The minimum atomic E-state index is -0.681. The maximum atomic E-state index is 13.8. The first-order valence-corrected chi connectivity index (χ1v) is 9.91. The molecular weight excluding hydrogens is 377 g/mol. The molecule has 1 aliphatic rings. The monoisotopic (exact) mass is 397 g/mol. The summed E-state index contributed by atoms with van der Waals surface area (Å²) in [6.07, 6.45) is 7.10. The van der Waals surface area contributed by atoms with Crippen LogP contribution in [0, 0.1) is 5.82 Å². The molecule has 0 atom stereocenters. The van der Waals surface area contributed by atoms with Gasteiger partial charge in [0.1, 0.15) is 5.82 Å². The molecule has 0 saturated heterocycles. The molecule has 8 heteroatoms. The average molecular weight is 398 g/mol. The van der Waals surface area contributed by atoms with Crippen LogP contribution in [-0.2, 0) is 6.54 Å². The van der Waals surface area contributed by atoms with Crippen LogP contribution in [0.2, 0.25) is 5.02 Å². The van der Waals surface area contributed by atoms with E-state index < -0.39 is 11.7 Å². The van der Waals surface area contributed by atoms with Gasteiger partial charge in [-0.1, -0.05) is 54.7 Å². The molecule has 1 saturated carbocycles. The van der Waals surface area contributed by atoms with Crippen molar-refractivity contribution < 1.29 is 14.3 Å². The van der Waals surface area contributed by atoms with Crippen LogP contribution >= 0.6 is 22.9 Å². The molecule has 0 unspecified atom stereocenters. The van der Waals surface area contributed by atoms with Gasteiger partial charge < -0.3 is 15.7 Å². The highest BCUT2D eigenvalue weighted by Gasteiger charge is 2.19. The standard InChI is InChI=1S/C18H21ClFN3O2S/c19-12-8-5-9-13(20)15(12)17(25)21-10-14-16(24)23-18(26-14)22-11-6-3-1-2-4-7-11/h5,8-9,11,24H,1-4,6-7,10H2,(H,21,25)(H,22,23). The number of thiazole rings is 1. The third-order valence-corrected chi connectivity index (χ3v) is 5.75. The van der Waals surface area contributed by atoms with Gasteiger partial charge in [-0.05, 0) is 25.0 Å². The number of halogens is 2. The number of aromatic hydroxyl groups is 1. The van der Waals surface area contributed by atoms with Crippen molar-refractivity contribution in [1.82, 2.24) is 10.3 Å². The molecule has 0 aliphatic heterocycles. The summed E-state index contributed by atoms with van der Waals surface area (Å²) in [5, 5.41) is 16.7. The Labute approximate surface area is 160 Å². The fourth-order valence-electron chi connectivity index (χ4n) is 3.08. The van der Waals surface area contributed by atoms with Crippen molar-refractivity contribution in [2.75, 3.05) is 5.32 Å². The van der Waals surface area contributed by atoms with Crippen molar-refractivity contribution in [2.24, 2.45) is 0 Å². The zero-order valence-electron chi connectivity index (χ0n) is 14.2. The van der Waals surface area contributed by atoms with E-state index in [1.54, 1.807) is 0 Å². The van der Waals surface area contributed by atoms with Gasteiger partial charge in [0.15, 0.2) is 5.13 Å². The Balaban J connectivity index is 1.61. The maximum absolute atomic E-state index is 13.8. The van der Waals surface area contributed by atoms with Gasteiger partial charge in [-0.25, -0.2) is 4.39 Å². The van der Waals surface area contributed by atoms with Crippen LogP contribution < -0.4 is 10.6 Å². The van der Waals surface area contributed by atoms with Gasteiger partial charge in [0, 0.05) is 6.04 Å². The zero-order valence-corrected chi connectivity index (χ0v) is 15.8. The summed E-state index contributed by atoms with van der Waals surface area (Å²) in [4.78, 5) is 16.8. The Kier molecular flexibility index (Phi) is 6.32. The minimum Gasteiger partial charge on any atom is -0.492 e. The highest BCUT2D eigenvalue weighted by atomic mass is 35.5. The Hall–Kier alpha value is -1.86. The van der Waals surface area contributed by atoms with Gasteiger partial charge in [0.05, 0.1) is 22.0 Å². The van der Waals surface area contributed by atoms with Crippen molar-refractivity contribution in [2.45, 2.75) is 51.1 Å². The van der Waals surface area contributed by atoms with Gasteiger partial charge in [-0.3, -0.25) is 4.79 Å². The molecule has 2 aromatic rings. The molecule has 0 bridgehead atoms. The van der Waals surface area contributed by atoms with Crippen LogP contribution in [0.1, 0.15) is 53.8 Å². The minimum absolute atomic E-state index is 0.0479. The van der Waals surface area contributed by atoms with Gasteiger partial charge in [-0.2, -0.15) is 4.98 Å². The fourth-order valence-corrected chi connectivity index (χ4v) is 4.20. The lowest BCUT2D eigenvalue weighted by Crippen LogP contribution is -2.23. The lowest BCUT2D eigenvalue weighted by molar-refractivity contribution is 0.0947.